The van der Waals surface area contributed by atoms with Crippen LogP contribution in [0.1, 0.15) is 89.9 Å². The van der Waals surface area contributed by atoms with Crippen molar-refractivity contribution < 1.29 is 52.7 Å². The van der Waals surface area contributed by atoms with Crippen molar-refractivity contribution in [3.63, 3.8) is 0 Å². The highest BCUT2D eigenvalue weighted by Crippen LogP contribution is 2.27. The molecule has 4 amide bonds. The van der Waals surface area contributed by atoms with Crippen molar-refractivity contribution in [3.05, 3.63) is 0 Å². The Hall–Kier alpha value is -3.72. The first-order chi connectivity index (χ1) is 27.3. The van der Waals surface area contributed by atoms with Gasteiger partial charge in [-0.15, -0.1) is 19.3 Å². The summed E-state index contributed by atoms with van der Waals surface area (Å²) in [4.78, 5) is 51.8. The number of nitrogens with one attached hydrogen (secondary N) is 4. The highest BCUT2D eigenvalue weighted by molar-refractivity contribution is 5.80. The Labute approximate surface area is 335 Å². The molecule has 0 saturated carbocycles. The molecule has 0 unspecified atom stereocenters. The second-order valence-electron chi connectivity index (χ2n) is 12.9. The van der Waals surface area contributed by atoms with Crippen LogP contribution < -0.4 is 21.3 Å². The third-order valence-electron chi connectivity index (χ3n) is 8.28. The third-order valence-corrected chi connectivity index (χ3v) is 8.28. The summed E-state index contributed by atoms with van der Waals surface area (Å²) in [5.41, 5.74) is -0.881. The van der Waals surface area contributed by atoms with Crippen molar-refractivity contribution in [2.24, 2.45) is 0 Å². The number of terminal acetylenes is 3. The molecule has 15 heteroatoms. The number of ether oxygens (including phenoxy) is 6. The highest BCUT2D eigenvalue weighted by Gasteiger charge is 2.32. The van der Waals surface area contributed by atoms with E-state index in [1.54, 1.807) is 0 Å². The molecule has 0 fully saturated rings. The molecule has 0 aliphatic rings. The lowest BCUT2D eigenvalue weighted by Crippen LogP contribution is -2.50. The molecule has 318 valence electrons. The highest BCUT2D eigenvalue weighted by atomic mass is 16.5. The van der Waals surface area contributed by atoms with Crippen LogP contribution in [0.25, 0.3) is 0 Å². The van der Waals surface area contributed by atoms with Gasteiger partial charge in [-0.2, -0.15) is 0 Å². The number of aliphatic hydroxyl groups excluding tert-OH is 1. The maximum atomic E-state index is 13.4. The largest absolute Gasteiger partial charge is 0.396 e. The van der Waals surface area contributed by atoms with Gasteiger partial charge in [0.1, 0.15) is 19.8 Å². The van der Waals surface area contributed by atoms with Gasteiger partial charge in [-0.05, 0) is 51.4 Å². The van der Waals surface area contributed by atoms with Gasteiger partial charge in [-0.25, -0.2) is 0 Å². The molecule has 0 aliphatic heterocycles. The van der Waals surface area contributed by atoms with Gasteiger partial charge in [0, 0.05) is 64.1 Å². The van der Waals surface area contributed by atoms with Crippen LogP contribution in [-0.2, 0) is 47.6 Å². The number of unbranched alkanes of at least 4 members (excludes halogenated alkanes) is 4. The first kappa shape index (κ1) is 52.3. The maximum absolute atomic E-state index is 13.4. The van der Waals surface area contributed by atoms with Gasteiger partial charge in [0.25, 0.3) is 0 Å². The number of hydrogen-bond donors (Lipinski definition) is 5. The van der Waals surface area contributed by atoms with E-state index in [0.717, 1.165) is 25.7 Å². The first-order valence-corrected chi connectivity index (χ1v) is 19.8. The summed E-state index contributed by atoms with van der Waals surface area (Å²) < 4.78 is 32.2. The van der Waals surface area contributed by atoms with Crippen LogP contribution in [0.3, 0.4) is 0 Å². The van der Waals surface area contributed by atoms with E-state index < -0.39 is 5.54 Å². The minimum atomic E-state index is -0.881. The van der Waals surface area contributed by atoms with Crippen LogP contribution in [0.5, 0.6) is 0 Å². The van der Waals surface area contributed by atoms with Crippen molar-refractivity contribution in [1.82, 2.24) is 21.3 Å². The Bertz CT molecular complexity index is 1100. The van der Waals surface area contributed by atoms with E-state index >= 15 is 0 Å². The number of amides is 4. The fraction of sp³-hybridized carbons (Fsp3) is 0.756. The zero-order valence-corrected chi connectivity index (χ0v) is 33.5. The van der Waals surface area contributed by atoms with Crippen molar-refractivity contribution >= 4 is 23.6 Å². The van der Waals surface area contributed by atoms with Gasteiger partial charge in [-0.3, -0.25) is 19.2 Å². The van der Waals surface area contributed by atoms with E-state index in [0.29, 0.717) is 105 Å². The van der Waals surface area contributed by atoms with Crippen LogP contribution in [0.4, 0.5) is 0 Å². The second-order valence-corrected chi connectivity index (χ2v) is 12.9. The molecule has 0 radical (unpaired) electrons. The summed E-state index contributed by atoms with van der Waals surface area (Å²) in [6.45, 7) is 5.13. The molecule has 0 saturated heterocycles. The van der Waals surface area contributed by atoms with Crippen LogP contribution in [0, 0.1) is 37.0 Å². The summed E-state index contributed by atoms with van der Waals surface area (Å²) in [6, 6.07) is 0. The third kappa shape index (κ3) is 34.7. The zero-order chi connectivity index (χ0) is 41.2. The van der Waals surface area contributed by atoms with E-state index in [4.69, 9.17) is 52.8 Å². The summed E-state index contributed by atoms with van der Waals surface area (Å²) in [5.74, 6) is 6.35. The van der Waals surface area contributed by atoms with Gasteiger partial charge in [0.15, 0.2) is 0 Å². The van der Waals surface area contributed by atoms with Gasteiger partial charge >= 0.3 is 0 Å². The summed E-state index contributed by atoms with van der Waals surface area (Å²) in [5, 5.41) is 20.7. The predicted octanol–water partition coefficient (Wildman–Crippen LogP) is 1.64. The molecule has 0 rings (SSSR count). The lowest BCUT2D eigenvalue weighted by Gasteiger charge is -2.35. The van der Waals surface area contributed by atoms with Gasteiger partial charge in [-0.1, -0.05) is 30.6 Å². The average molecular weight is 793 g/mol. The second kappa shape index (κ2) is 39.5. The zero-order valence-electron chi connectivity index (χ0n) is 33.5. The van der Waals surface area contributed by atoms with Crippen molar-refractivity contribution in [2.45, 2.75) is 95.4 Å². The van der Waals surface area contributed by atoms with Gasteiger partial charge < -0.3 is 54.8 Å². The molecule has 0 bridgehead atoms. The molecule has 0 aromatic heterocycles. The average Bonchev–Trinajstić information content (AvgIpc) is 3.19. The molecule has 0 heterocycles. The van der Waals surface area contributed by atoms with E-state index in [1.807, 2.05) is 0 Å². The molecule has 0 aromatic rings. The van der Waals surface area contributed by atoms with Crippen molar-refractivity contribution in [1.29, 1.82) is 0 Å². The number of carbonyl (C=O) groups is 4. The summed E-state index contributed by atoms with van der Waals surface area (Å²) in [7, 11) is 0. The lowest BCUT2D eigenvalue weighted by atomic mass is 9.82. The van der Waals surface area contributed by atoms with Gasteiger partial charge in [0.05, 0.1) is 52.9 Å². The fourth-order valence-corrected chi connectivity index (χ4v) is 5.36. The summed E-state index contributed by atoms with van der Waals surface area (Å²) in [6.07, 6.45) is 22.2. The molecule has 0 aromatic carbocycles. The number of carbonyl (C=O) groups excluding carboxylic acids is 4. The van der Waals surface area contributed by atoms with Crippen LogP contribution in [0.2, 0.25) is 0 Å². The van der Waals surface area contributed by atoms with E-state index in [9.17, 15) is 19.2 Å². The van der Waals surface area contributed by atoms with E-state index in [2.05, 4.69) is 39.0 Å². The van der Waals surface area contributed by atoms with Crippen LogP contribution in [0.15, 0.2) is 0 Å². The number of hydrogen-bond acceptors (Lipinski definition) is 11. The predicted molar refractivity (Wildman–Crippen MR) is 213 cm³/mol. The Morgan fingerprint density at radius 3 is 1.41 bits per heavy atom. The Morgan fingerprint density at radius 2 is 0.893 bits per heavy atom. The Balaban J connectivity index is 5.44. The van der Waals surface area contributed by atoms with Crippen molar-refractivity contribution in [2.75, 3.05) is 106 Å². The summed E-state index contributed by atoms with van der Waals surface area (Å²) >= 11 is 0. The normalized spacial score (nSPS) is 10.9. The Morgan fingerprint density at radius 1 is 0.446 bits per heavy atom. The SMILES string of the molecule is C#CCOCCOCCCCC(CCC(=O)NCCOCCOCC#C)(CCC(=O)NCCOCCOCC#C)NC(=O)CCCC(=O)NCCCCCCO. The quantitative estimate of drug-likeness (QED) is 0.0448. The molecule has 0 atom stereocenters. The van der Waals surface area contributed by atoms with E-state index in [-0.39, 0.29) is 88.6 Å². The van der Waals surface area contributed by atoms with Crippen LogP contribution in [-0.4, -0.2) is 140 Å². The molecule has 56 heavy (non-hydrogen) atoms. The molecule has 0 aliphatic carbocycles. The van der Waals surface area contributed by atoms with Crippen LogP contribution >= 0.6 is 0 Å². The monoisotopic (exact) mass is 792 g/mol. The topological polar surface area (TPSA) is 192 Å². The maximum Gasteiger partial charge on any atom is 0.220 e. The van der Waals surface area contributed by atoms with E-state index in [1.165, 1.54) is 0 Å². The lowest BCUT2D eigenvalue weighted by molar-refractivity contribution is -0.127. The molecule has 5 N–H and O–H groups in total. The number of rotatable bonds is 40. The molecular formula is C41H68N4O11. The molecule has 15 nitrogen and oxygen atoms in total. The smallest absolute Gasteiger partial charge is 0.220 e. The van der Waals surface area contributed by atoms with Gasteiger partial charge in [0.2, 0.25) is 23.6 Å². The van der Waals surface area contributed by atoms with Crippen molar-refractivity contribution in [3.8, 4) is 37.0 Å². The molecular weight excluding hydrogens is 724 g/mol. The minimum Gasteiger partial charge on any atom is -0.396 e. The first-order valence-electron chi connectivity index (χ1n) is 19.8. The minimum absolute atomic E-state index is 0.104. The Kier molecular flexibility index (Phi) is 36.9. The molecule has 0 spiro atoms. The standard InChI is InChI=1S/C41H68N4O11/c1-4-25-51-31-34-54-28-12-9-18-41(19-16-38(48)43-22-29-55-35-32-52-26-5-2,20-17-39(49)44-23-30-56-36-33-53-27-6-3)45-40(50)15-13-14-37(47)42-21-10-7-8-11-24-46/h1-3,46H,7-36H2,(H,42,47)(H,43,48)(H,44,49)(H,45,50). The number of aliphatic hydroxyl groups is 1. The fourth-order valence-electron chi connectivity index (χ4n) is 5.36.